The summed E-state index contributed by atoms with van der Waals surface area (Å²) in [5, 5.41) is 3.81. The van der Waals surface area contributed by atoms with Crippen LogP contribution in [0.15, 0.2) is 42.5 Å². The highest BCUT2D eigenvalue weighted by molar-refractivity contribution is 6.42. The van der Waals surface area contributed by atoms with Crippen molar-refractivity contribution < 1.29 is 14.3 Å². The van der Waals surface area contributed by atoms with E-state index in [4.69, 9.17) is 27.9 Å². The van der Waals surface area contributed by atoms with E-state index < -0.39 is 6.04 Å². The predicted octanol–water partition coefficient (Wildman–Crippen LogP) is 4.88. The molecule has 162 valence electrons. The Bertz CT molecular complexity index is 871. The average molecular weight is 451 g/mol. The number of halogens is 2. The quantitative estimate of drug-likeness (QED) is 0.592. The first-order chi connectivity index (χ1) is 14.2. The maximum absolute atomic E-state index is 13.2. The van der Waals surface area contributed by atoms with Gasteiger partial charge in [-0.15, -0.1) is 0 Å². The predicted molar refractivity (Wildman–Crippen MR) is 121 cm³/mol. The summed E-state index contributed by atoms with van der Waals surface area (Å²) in [7, 11) is 1.59. The van der Waals surface area contributed by atoms with Crippen molar-refractivity contribution in [1.29, 1.82) is 0 Å². The zero-order valence-corrected chi connectivity index (χ0v) is 19.3. The van der Waals surface area contributed by atoms with Gasteiger partial charge in [-0.3, -0.25) is 9.59 Å². The molecule has 0 saturated heterocycles. The van der Waals surface area contributed by atoms with Gasteiger partial charge in [0.05, 0.1) is 23.6 Å². The molecule has 0 fully saturated rings. The Kier molecular flexibility index (Phi) is 9.00. The monoisotopic (exact) mass is 450 g/mol. The molecule has 2 aromatic carbocycles. The first kappa shape index (κ1) is 24.0. The van der Waals surface area contributed by atoms with Gasteiger partial charge in [-0.25, -0.2) is 0 Å². The van der Waals surface area contributed by atoms with Gasteiger partial charge < -0.3 is 15.0 Å². The highest BCUT2D eigenvalue weighted by atomic mass is 35.5. The number of carbonyl (C=O) groups excluding carboxylic acids is 2. The molecule has 0 aliphatic carbocycles. The molecule has 0 aliphatic heterocycles. The molecule has 30 heavy (non-hydrogen) atoms. The van der Waals surface area contributed by atoms with Crippen molar-refractivity contribution in [2.45, 2.75) is 52.2 Å². The van der Waals surface area contributed by atoms with Crippen molar-refractivity contribution in [3.8, 4) is 5.75 Å². The Morgan fingerprint density at radius 2 is 1.67 bits per heavy atom. The summed E-state index contributed by atoms with van der Waals surface area (Å²) in [5.41, 5.74) is 1.64. The third kappa shape index (κ3) is 6.64. The standard InChI is InChI=1S/C23H28Cl2N2O3/c1-5-15(2)26-23(29)16(3)27(14-18-8-11-20(24)21(25)12-18)22(28)13-17-6-9-19(30-4)10-7-17/h6-12,15-16H,5,13-14H2,1-4H3,(H,26,29)/t15-,16-/m0/s1. The number of ether oxygens (including phenoxy) is 1. The van der Waals surface area contributed by atoms with Crippen LogP contribution in [0, 0.1) is 0 Å². The van der Waals surface area contributed by atoms with Crippen LogP contribution in [0.25, 0.3) is 0 Å². The van der Waals surface area contributed by atoms with E-state index in [-0.39, 0.29) is 30.8 Å². The fourth-order valence-corrected chi connectivity index (χ4v) is 3.22. The number of nitrogens with one attached hydrogen (secondary N) is 1. The topological polar surface area (TPSA) is 58.6 Å². The van der Waals surface area contributed by atoms with Crippen molar-refractivity contribution in [1.82, 2.24) is 10.2 Å². The normalized spacial score (nSPS) is 12.7. The van der Waals surface area contributed by atoms with E-state index in [1.807, 2.05) is 38.1 Å². The molecule has 0 radical (unpaired) electrons. The largest absolute Gasteiger partial charge is 0.497 e. The lowest BCUT2D eigenvalue weighted by Gasteiger charge is -2.30. The number of hydrogen-bond acceptors (Lipinski definition) is 3. The molecule has 2 amide bonds. The highest BCUT2D eigenvalue weighted by Gasteiger charge is 2.27. The first-order valence-electron chi connectivity index (χ1n) is 9.91. The van der Waals surface area contributed by atoms with Gasteiger partial charge in [-0.2, -0.15) is 0 Å². The van der Waals surface area contributed by atoms with Crippen LogP contribution < -0.4 is 10.1 Å². The number of amides is 2. The highest BCUT2D eigenvalue weighted by Crippen LogP contribution is 2.24. The second-order valence-electron chi connectivity index (χ2n) is 7.29. The van der Waals surface area contributed by atoms with Crippen molar-refractivity contribution in [3.05, 3.63) is 63.6 Å². The minimum Gasteiger partial charge on any atom is -0.497 e. The van der Waals surface area contributed by atoms with Crippen LogP contribution in [0.2, 0.25) is 10.0 Å². The molecule has 0 aliphatic rings. The van der Waals surface area contributed by atoms with Crippen LogP contribution in [0.1, 0.15) is 38.3 Å². The minimum atomic E-state index is -0.640. The van der Waals surface area contributed by atoms with Gasteiger partial charge in [0.15, 0.2) is 0 Å². The number of rotatable bonds is 9. The van der Waals surface area contributed by atoms with Gasteiger partial charge in [-0.05, 0) is 55.7 Å². The number of hydrogen-bond donors (Lipinski definition) is 1. The van der Waals surface area contributed by atoms with Crippen molar-refractivity contribution in [2.24, 2.45) is 0 Å². The zero-order valence-electron chi connectivity index (χ0n) is 17.7. The van der Waals surface area contributed by atoms with E-state index in [2.05, 4.69) is 5.32 Å². The lowest BCUT2D eigenvalue weighted by Crippen LogP contribution is -2.49. The third-order valence-corrected chi connectivity index (χ3v) is 5.76. The van der Waals surface area contributed by atoms with Gasteiger partial charge in [0.25, 0.3) is 0 Å². The van der Waals surface area contributed by atoms with Gasteiger partial charge in [0.2, 0.25) is 11.8 Å². The summed E-state index contributed by atoms with van der Waals surface area (Å²) in [6.07, 6.45) is 0.983. The summed E-state index contributed by atoms with van der Waals surface area (Å²) in [6.45, 7) is 5.92. The summed E-state index contributed by atoms with van der Waals surface area (Å²) >= 11 is 12.1. The van der Waals surface area contributed by atoms with Gasteiger partial charge in [-0.1, -0.05) is 48.3 Å². The first-order valence-corrected chi connectivity index (χ1v) is 10.7. The van der Waals surface area contributed by atoms with Crippen LogP contribution in [-0.2, 0) is 22.6 Å². The summed E-state index contributed by atoms with van der Waals surface area (Å²) in [4.78, 5) is 27.5. The van der Waals surface area contributed by atoms with Gasteiger partial charge in [0, 0.05) is 12.6 Å². The Balaban J connectivity index is 2.24. The summed E-state index contributed by atoms with van der Waals surface area (Å²) in [6, 6.07) is 11.9. The van der Waals surface area contributed by atoms with E-state index in [0.29, 0.717) is 10.0 Å². The van der Waals surface area contributed by atoms with Crippen molar-refractivity contribution in [2.75, 3.05) is 7.11 Å². The van der Waals surface area contributed by atoms with Crippen LogP contribution in [0.5, 0.6) is 5.75 Å². The molecular formula is C23H28Cl2N2O3. The lowest BCUT2D eigenvalue weighted by atomic mass is 10.1. The smallest absolute Gasteiger partial charge is 0.242 e. The number of carbonyl (C=O) groups is 2. The van der Waals surface area contributed by atoms with Gasteiger partial charge >= 0.3 is 0 Å². The molecule has 0 unspecified atom stereocenters. The molecule has 0 spiro atoms. The van der Waals surface area contributed by atoms with Crippen molar-refractivity contribution in [3.63, 3.8) is 0 Å². The number of benzene rings is 2. The molecule has 2 rings (SSSR count). The molecule has 5 nitrogen and oxygen atoms in total. The van der Waals surface area contributed by atoms with Gasteiger partial charge in [0.1, 0.15) is 11.8 Å². The molecule has 7 heteroatoms. The maximum atomic E-state index is 13.2. The maximum Gasteiger partial charge on any atom is 0.242 e. The van der Waals surface area contributed by atoms with Crippen LogP contribution in [0.4, 0.5) is 0 Å². The average Bonchev–Trinajstić information content (AvgIpc) is 2.74. The second kappa shape index (κ2) is 11.2. The van der Waals surface area contributed by atoms with Crippen LogP contribution in [0.3, 0.4) is 0 Å². The SMILES string of the molecule is CC[C@H](C)NC(=O)[C@H](C)N(Cc1ccc(Cl)c(Cl)c1)C(=O)Cc1ccc(OC)cc1. The molecule has 2 aromatic rings. The number of nitrogens with zero attached hydrogens (tertiary/aromatic N) is 1. The van der Waals surface area contributed by atoms with E-state index in [1.54, 1.807) is 37.1 Å². The van der Waals surface area contributed by atoms with Crippen molar-refractivity contribution >= 4 is 35.0 Å². The fraction of sp³-hybridized carbons (Fsp3) is 0.391. The third-order valence-electron chi connectivity index (χ3n) is 5.02. The zero-order chi connectivity index (χ0) is 22.3. The number of methoxy groups -OCH3 is 1. The molecule has 2 atom stereocenters. The van der Waals surface area contributed by atoms with Crippen LogP contribution >= 0.6 is 23.2 Å². The molecule has 1 N–H and O–H groups in total. The Labute approximate surface area is 188 Å². The Morgan fingerprint density at radius 3 is 2.23 bits per heavy atom. The lowest BCUT2D eigenvalue weighted by molar-refractivity contribution is -0.140. The van der Waals surface area contributed by atoms with E-state index in [1.165, 1.54) is 0 Å². The summed E-state index contributed by atoms with van der Waals surface area (Å²) < 4.78 is 5.17. The molecule has 0 saturated carbocycles. The fourth-order valence-electron chi connectivity index (χ4n) is 2.90. The second-order valence-corrected chi connectivity index (χ2v) is 8.10. The minimum absolute atomic E-state index is 0.0310. The Morgan fingerprint density at radius 1 is 1.03 bits per heavy atom. The molecule has 0 aromatic heterocycles. The van der Waals surface area contributed by atoms with E-state index in [0.717, 1.165) is 23.3 Å². The summed E-state index contributed by atoms with van der Waals surface area (Å²) in [5.74, 6) is 0.380. The van der Waals surface area contributed by atoms with E-state index >= 15 is 0 Å². The van der Waals surface area contributed by atoms with E-state index in [9.17, 15) is 9.59 Å². The molecule has 0 heterocycles. The molecule has 0 bridgehead atoms. The van der Waals surface area contributed by atoms with Crippen LogP contribution in [-0.4, -0.2) is 35.9 Å². The Hall–Kier alpha value is -2.24. The molecular weight excluding hydrogens is 423 g/mol.